The minimum Gasteiger partial charge on any atom is -0.493 e. The van der Waals surface area contributed by atoms with E-state index in [1.54, 1.807) is 33.2 Å². The first-order valence-electron chi connectivity index (χ1n) is 10.1. The van der Waals surface area contributed by atoms with Crippen LogP contribution in [0.5, 0.6) is 23.0 Å². The molecule has 31 heavy (non-hydrogen) atoms. The Morgan fingerprint density at radius 2 is 1.71 bits per heavy atom. The molecule has 0 N–H and O–H groups in total. The van der Waals surface area contributed by atoms with Crippen molar-refractivity contribution < 1.29 is 23.7 Å². The van der Waals surface area contributed by atoms with Gasteiger partial charge in [0.25, 0.3) is 0 Å². The minimum absolute atomic E-state index is 0.0153. The van der Waals surface area contributed by atoms with E-state index in [1.807, 2.05) is 37.3 Å². The second-order valence-electron chi connectivity index (χ2n) is 7.50. The number of hydrogen-bond acceptors (Lipinski definition) is 6. The number of fused-ring (bicyclic) bond motifs is 2. The second-order valence-corrected chi connectivity index (χ2v) is 7.50. The lowest BCUT2D eigenvalue weighted by Crippen LogP contribution is -2.30. The molecule has 3 aromatic rings. The van der Waals surface area contributed by atoms with Crippen LogP contribution < -0.4 is 18.9 Å². The van der Waals surface area contributed by atoms with Gasteiger partial charge in [-0.15, -0.1) is 0 Å². The highest BCUT2D eigenvalue weighted by Crippen LogP contribution is 2.39. The van der Waals surface area contributed by atoms with E-state index in [0.717, 1.165) is 33.3 Å². The lowest BCUT2D eigenvalue weighted by molar-refractivity contribution is -0.129. The quantitative estimate of drug-likeness (QED) is 0.634. The first-order valence-corrected chi connectivity index (χ1v) is 10.1. The molecule has 2 aromatic carbocycles. The van der Waals surface area contributed by atoms with Gasteiger partial charge in [-0.05, 0) is 36.8 Å². The molecule has 0 fully saturated rings. The summed E-state index contributed by atoms with van der Waals surface area (Å²) in [4.78, 5) is 18.6. The van der Waals surface area contributed by atoms with Crippen LogP contribution in [0.1, 0.15) is 18.1 Å². The van der Waals surface area contributed by atoms with Crippen molar-refractivity contribution in [3.05, 3.63) is 41.5 Å². The Morgan fingerprint density at radius 3 is 2.39 bits per heavy atom. The van der Waals surface area contributed by atoms with E-state index in [2.05, 4.69) is 0 Å². The van der Waals surface area contributed by atoms with Crippen molar-refractivity contribution in [3.8, 4) is 34.3 Å². The summed E-state index contributed by atoms with van der Waals surface area (Å²) in [5, 5.41) is 0.995. The van der Waals surface area contributed by atoms with Crippen molar-refractivity contribution in [3.63, 3.8) is 0 Å². The van der Waals surface area contributed by atoms with Gasteiger partial charge in [-0.1, -0.05) is 0 Å². The molecule has 2 heterocycles. The maximum atomic E-state index is 12.0. The number of aryl methyl sites for hydroxylation is 1. The van der Waals surface area contributed by atoms with E-state index in [4.69, 9.17) is 23.9 Å². The molecule has 1 aliphatic heterocycles. The molecule has 0 spiro atoms. The molecule has 0 saturated heterocycles. The summed E-state index contributed by atoms with van der Waals surface area (Å²) < 4.78 is 22.4. The lowest BCUT2D eigenvalue weighted by Gasteiger charge is -2.18. The summed E-state index contributed by atoms with van der Waals surface area (Å²) in [6.45, 7) is 5.05. The van der Waals surface area contributed by atoms with Gasteiger partial charge in [0.15, 0.2) is 23.0 Å². The van der Waals surface area contributed by atoms with E-state index < -0.39 is 0 Å². The number of amides is 1. The third-order valence-electron chi connectivity index (χ3n) is 5.58. The number of ether oxygens (including phenoxy) is 4. The topological polar surface area (TPSA) is 70.1 Å². The van der Waals surface area contributed by atoms with E-state index in [0.29, 0.717) is 42.7 Å². The second kappa shape index (κ2) is 8.34. The van der Waals surface area contributed by atoms with Crippen LogP contribution >= 0.6 is 0 Å². The number of nitrogens with zero attached hydrogens (tertiary/aromatic N) is 2. The lowest BCUT2D eigenvalue weighted by atomic mass is 10.0. The van der Waals surface area contributed by atoms with Crippen molar-refractivity contribution in [2.45, 2.75) is 20.4 Å². The van der Waals surface area contributed by atoms with Crippen molar-refractivity contribution in [1.82, 2.24) is 9.88 Å². The Morgan fingerprint density at radius 1 is 1.00 bits per heavy atom. The van der Waals surface area contributed by atoms with Crippen LogP contribution in [-0.4, -0.2) is 50.3 Å². The van der Waals surface area contributed by atoms with Crippen LogP contribution in [0.2, 0.25) is 0 Å². The molecule has 1 aliphatic rings. The number of benzene rings is 2. The van der Waals surface area contributed by atoms with Gasteiger partial charge in [-0.25, -0.2) is 4.98 Å². The number of methoxy groups -OCH3 is 3. The number of carbonyl (C=O) groups excluding carboxylic acids is 1. The minimum atomic E-state index is 0.0153. The summed E-state index contributed by atoms with van der Waals surface area (Å²) in [5.41, 5.74) is 4.47. The highest BCUT2D eigenvalue weighted by molar-refractivity contribution is 5.88. The number of pyridine rings is 1. The van der Waals surface area contributed by atoms with E-state index in [1.165, 1.54) is 0 Å². The number of rotatable bonds is 4. The summed E-state index contributed by atoms with van der Waals surface area (Å²) >= 11 is 0. The van der Waals surface area contributed by atoms with Crippen LogP contribution in [0, 0.1) is 6.92 Å². The molecule has 0 atom stereocenters. The standard InChI is InChI=1S/C24H26N2O5/c1-14-8-19(25-20-12-22(29-4)21(28-3)11-18(14)20)16-9-17-13-26(15(2)27)6-7-31-24(17)23(10-16)30-5/h8-12H,6-7,13H2,1-5H3. The zero-order valence-electron chi connectivity index (χ0n) is 18.4. The van der Waals surface area contributed by atoms with Gasteiger partial charge in [0.2, 0.25) is 5.91 Å². The molecular formula is C24H26N2O5. The smallest absolute Gasteiger partial charge is 0.219 e. The molecular weight excluding hydrogens is 396 g/mol. The fraction of sp³-hybridized carbons (Fsp3) is 0.333. The third kappa shape index (κ3) is 3.83. The summed E-state index contributed by atoms with van der Waals surface area (Å²) in [5.74, 6) is 2.62. The monoisotopic (exact) mass is 422 g/mol. The van der Waals surface area contributed by atoms with Crippen LogP contribution in [0.15, 0.2) is 30.3 Å². The average molecular weight is 422 g/mol. The van der Waals surface area contributed by atoms with E-state index >= 15 is 0 Å². The summed E-state index contributed by atoms with van der Waals surface area (Å²) in [7, 11) is 4.85. The first-order chi connectivity index (χ1) is 14.9. The van der Waals surface area contributed by atoms with Crippen molar-refractivity contribution >= 4 is 16.8 Å². The van der Waals surface area contributed by atoms with Gasteiger partial charge in [0.05, 0.1) is 39.1 Å². The van der Waals surface area contributed by atoms with Crippen LogP contribution in [-0.2, 0) is 11.3 Å². The van der Waals surface area contributed by atoms with E-state index in [9.17, 15) is 4.79 Å². The fourth-order valence-corrected chi connectivity index (χ4v) is 3.92. The molecule has 0 saturated carbocycles. The van der Waals surface area contributed by atoms with Crippen molar-refractivity contribution in [2.75, 3.05) is 34.5 Å². The third-order valence-corrected chi connectivity index (χ3v) is 5.58. The molecule has 0 bridgehead atoms. The zero-order chi connectivity index (χ0) is 22.1. The van der Waals surface area contributed by atoms with Crippen LogP contribution in [0.3, 0.4) is 0 Å². The van der Waals surface area contributed by atoms with Gasteiger partial charge in [0.1, 0.15) is 6.61 Å². The molecule has 0 aliphatic carbocycles. The number of aromatic nitrogens is 1. The Hall–Kier alpha value is -3.48. The zero-order valence-corrected chi connectivity index (χ0v) is 18.4. The predicted molar refractivity (Wildman–Crippen MR) is 118 cm³/mol. The summed E-state index contributed by atoms with van der Waals surface area (Å²) in [6, 6.07) is 9.81. The highest BCUT2D eigenvalue weighted by Gasteiger charge is 2.22. The molecule has 1 aromatic heterocycles. The van der Waals surface area contributed by atoms with Crippen molar-refractivity contribution in [2.24, 2.45) is 0 Å². The maximum absolute atomic E-state index is 12.0. The van der Waals surface area contributed by atoms with Gasteiger partial charge < -0.3 is 23.8 Å². The maximum Gasteiger partial charge on any atom is 0.219 e. The number of hydrogen-bond donors (Lipinski definition) is 0. The van der Waals surface area contributed by atoms with Crippen molar-refractivity contribution in [1.29, 1.82) is 0 Å². The normalized spacial score (nSPS) is 13.3. The molecule has 4 rings (SSSR count). The van der Waals surface area contributed by atoms with Gasteiger partial charge in [0, 0.05) is 36.0 Å². The Labute approximate surface area is 181 Å². The molecule has 1 amide bonds. The largest absolute Gasteiger partial charge is 0.493 e. The Bertz CT molecular complexity index is 1160. The Balaban J connectivity index is 1.86. The average Bonchev–Trinajstić information content (AvgIpc) is 3.00. The first kappa shape index (κ1) is 20.8. The SMILES string of the molecule is COc1cc2nc(-c3cc4c(c(OC)c3)OCCN(C(C)=O)C4)cc(C)c2cc1OC. The molecule has 7 nitrogen and oxygen atoms in total. The van der Waals surface area contributed by atoms with Gasteiger partial charge in [-0.3, -0.25) is 4.79 Å². The summed E-state index contributed by atoms with van der Waals surface area (Å²) in [6.07, 6.45) is 0. The van der Waals surface area contributed by atoms with Gasteiger partial charge in [-0.2, -0.15) is 0 Å². The van der Waals surface area contributed by atoms with E-state index in [-0.39, 0.29) is 5.91 Å². The van der Waals surface area contributed by atoms with Gasteiger partial charge >= 0.3 is 0 Å². The van der Waals surface area contributed by atoms with Crippen LogP contribution in [0.25, 0.3) is 22.2 Å². The highest BCUT2D eigenvalue weighted by atomic mass is 16.5. The fourth-order valence-electron chi connectivity index (χ4n) is 3.92. The molecule has 0 unspecified atom stereocenters. The van der Waals surface area contributed by atoms with Crippen LogP contribution in [0.4, 0.5) is 0 Å². The molecule has 7 heteroatoms. The Kier molecular flexibility index (Phi) is 5.59. The predicted octanol–water partition coefficient (Wildman–Crippen LogP) is 3.98. The number of carbonyl (C=O) groups is 1. The molecule has 162 valence electrons. The molecule has 0 radical (unpaired) electrons.